The molecule has 0 N–H and O–H groups in total. The highest BCUT2D eigenvalue weighted by Crippen LogP contribution is 2.24. The van der Waals surface area contributed by atoms with Crippen LogP contribution in [0.25, 0.3) is 0 Å². The Bertz CT molecular complexity index is 622. The number of aryl methyl sites for hydroxylation is 1. The van der Waals surface area contributed by atoms with Crippen LogP contribution < -0.4 is 4.90 Å². The molecule has 0 aliphatic carbocycles. The van der Waals surface area contributed by atoms with Gasteiger partial charge >= 0.3 is 6.09 Å². The monoisotopic (exact) mass is 346 g/mol. The van der Waals surface area contributed by atoms with Crippen LogP contribution in [0.1, 0.15) is 46.1 Å². The van der Waals surface area contributed by atoms with E-state index in [1.807, 2.05) is 63.8 Å². The number of carbonyl (C=O) groups excluding carboxylic acids is 2. The smallest absolute Gasteiger partial charge is 0.410 e. The summed E-state index contributed by atoms with van der Waals surface area (Å²) in [5, 5.41) is 0. The standard InChI is InChI=1S/C20H30N2O3/c1-6-22(17-11-7-9-15(2)13-17)18(23)16-10-8-12-21(14-16)19(24)25-20(3,4)5/h7,9,11,13,16H,6,8,10,12,14H2,1-5H3. The number of nitrogens with zero attached hydrogens (tertiary/aromatic N) is 2. The number of anilines is 1. The number of likely N-dealkylation sites (tertiary alicyclic amines) is 1. The number of piperidine rings is 1. The van der Waals surface area contributed by atoms with Gasteiger partial charge in [-0.25, -0.2) is 4.79 Å². The van der Waals surface area contributed by atoms with E-state index < -0.39 is 5.60 Å². The zero-order valence-electron chi connectivity index (χ0n) is 16.0. The molecular formula is C20H30N2O3. The van der Waals surface area contributed by atoms with E-state index in [-0.39, 0.29) is 17.9 Å². The van der Waals surface area contributed by atoms with Crippen molar-refractivity contribution in [3.63, 3.8) is 0 Å². The lowest BCUT2D eigenvalue weighted by Crippen LogP contribution is -2.48. The van der Waals surface area contributed by atoms with Gasteiger partial charge in [-0.2, -0.15) is 0 Å². The van der Waals surface area contributed by atoms with Gasteiger partial charge in [-0.05, 0) is 65.2 Å². The Balaban J connectivity index is 2.08. The number of hydrogen-bond donors (Lipinski definition) is 0. The van der Waals surface area contributed by atoms with E-state index in [0.29, 0.717) is 19.6 Å². The predicted molar refractivity (Wildman–Crippen MR) is 99.7 cm³/mol. The van der Waals surface area contributed by atoms with E-state index in [1.165, 1.54) is 0 Å². The van der Waals surface area contributed by atoms with Gasteiger partial charge in [0, 0.05) is 25.3 Å². The van der Waals surface area contributed by atoms with Crippen LogP contribution in [0.3, 0.4) is 0 Å². The second kappa shape index (κ2) is 7.89. The summed E-state index contributed by atoms with van der Waals surface area (Å²) in [4.78, 5) is 28.8. The first-order valence-corrected chi connectivity index (χ1v) is 9.07. The zero-order chi connectivity index (χ0) is 18.6. The summed E-state index contributed by atoms with van der Waals surface area (Å²) >= 11 is 0. The minimum absolute atomic E-state index is 0.0846. The molecule has 1 heterocycles. The van der Waals surface area contributed by atoms with E-state index in [1.54, 1.807) is 4.90 Å². The van der Waals surface area contributed by atoms with Crippen LogP contribution in [0, 0.1) is 12.8 Å². The maximum atomic E-state index is 13.0. The van der Waals surface area contributed by atoms with Crippen LogP contribution in [0.15, 0.2) is 24.3 Å². The topological polar surface area (TPSA) is 49.9 Å². The van der Waals surface area contributed by atoms with Gasteiger partial charge in [0.15, 0.2) is 0 Å². The third-order valence-corrected chi connectivity index (χ3v) is 4.32. The number of hydrogen-bond acceptors (Lipinski definition) is 3. The summed E-state index contributed by atoms with van der Waals surface area (Å²) in [6.07, 6.45) is 1.30. The zero-order valence-corrected chi connectivity index (χ0v) is 16.0. The number of amides is 2. The maximum Gasteiger partial charge on any atom is 0.410 e. The maximum absolute atomic E-state index is 13.0. The summed E-state index contributed by atoms with van der Waals surface area (Å²) in [5.74, 6) is -0.0944. The fourth-order valence-corrected chi connectivity index (χ4v) is 3.15. The average molecular weight is 346 g/mol. The van der Waals surface area contributed by atoms with Crippen LogP contribution in [0.2, 0.25) is 0 Å². The first-order valence-electron chi connectivity index (χ1n) is 9.07. The minimum atomic E-state index is -0.523. The molecule has 1 atom stereocenters. The van der Waals surface area contributed by atoms with Gasteiger partial charge in [-0.15, -0.1) is 0 Å². The summed E-state index contributed by atoms with van der Waals surface area (Å²) in [6.45, 7) is 11.3. The number of carbonyl (C=O) groups is 2. The molecule has 1 aliphatic heterocycles. The highest BCUT2D eigenvalue weighted by atomic mass is 16.6. The number of benzene rings is 1. The second-order valence-corrected chi connectivity index (χ2v) is 7.69. The van der Waals surface area contributed by atoms with Crippen molar-refractivity contribution in [1.82, 2.24) is 4.90 Å². The van der Waals surface area contributed by atoms with E-state index in [0.717, 1.165) is 24.1 Å². The van der Waals surface area contributed by atoms with E-state index in [2.05, 4.69) is 0 Å². The molecule has 1 unspecified atom stereocenters. The van der Waals surface area contributed by atoms with Crippen molar-refractivity contribution in [2.75, 3.05) is 24.5 Å². The molecule has 2 amide bonds. The molecule has 0 radical (unpaired) electrons. The fourth-order valence-electron chi connectivity index (χ4n) is 3.15. The number of rotatable bonds is 3. The Labute approximate surface area is 150 Å². The molecule has 0 aromatic heterocycles. The van der Waals surface area contributed by atoms with Gasteiger partial charge in [-0.3, -0.25) is 4.79 Å². The summed E-state index contributed by atoms with van der Waals surface area (Å²) in [6, 6.07) is 7.97. The van der Waals surface area contributed by atoms with Gasteiger partial charge in [0.1, 0.15) is 5.60 Å². The Kier molecular flexibility index (Phi) is 6.09. The molecular weight excluding hydrogens is 316 g/mol. The predicted octanol–water partition coefficient (Wildman–Crippen LogP) is 4.00. The molecule has 5 heteroatoms. The fraction of sp³-hybridized carbons (Fsp3) is 0.600. The van der Waals surface area contributed by atoms with Crippen molar-refractivity contribution in [3.05, 3.63) is 29.8 Å². The van der Waals surface area contributed by atoms with Gasteiger partial charge in [0.2, 0.25) is 5.91 Å². The first kappa shape index (κ1) is 19.3. The van der Waals surface area contributed by atoms with Crippen LogP contribution in [0.4, 0.5) is 10.5 Å². The third kappa shape index (κ3) is 5.21. The van der Waals surface area contributed by atoms with Crippen LogP contribution in [-0.2, 0) is 9.53 Å². The lowest BCUT2D eigenvalue weighted by Gasteiger charge is -2.35. The largest absolute Gasteiger partial charge is 0.444 e. The van der Waals surface area contributed by atoms with Crippen molar-refractivity contribution in [1.29, 1.82) is 0 Å². The van der Waals surface area contributed by atoms with Gasteiger partial charge in [0.05, 0.1) is 5.92 Å². The van der Waals surface area contributed by atoms with Gasteiger partial charge in [0.25, 0.3) is 0 Å². The van der Waals surface area contributed by atoms with E-state index in [4.69, 9.17) is 4.74 Å². The van der Waals surface area contributed by atoms with Crippen molar-refractivity contribution < 1.29 is 14.3 Å². The molecule has 1 fully saturated rings. The number of ether oxygens (including phenoxy) is 1. The highest BCUT2D eigenvalue weighted by molar-refractivity contribution is 5.95. The van der Waals surface area contributed by atoms with E-state index in [9.17, 15) is 9.59 Å². The molecule has 1 saturated heterocycles. The van der Waals surface area contributed by atoms with Crippen molar-refractivity contribution in [3.8, 4) is 0 Å². The Morgan fingerprint density at radius 3 is 2.64 bits per heavy atom. The quantitative estimate of drug-likeness (QED) is 0.831. The molecule has 1 aromatic rings. The van der Waals surface area contributed by atoms with E-state index >= 15 is 0 Å². The second-order valence-electron chi connectivity index (χ2n) is 7.69. The first-order chi connectivity index (χ1) is 11.7. The van der Waals surface area contributed by atoms with Crippen LogP contribution >= 0.6 is 0 Å². The molecule has 2 rings (SSSR count). The normalized spacial score (nSPS) is 18.0. The lowest BCUT2D eigenvalue weighted by molar-refractivity contribution is -0.123. The van der Waals surface area contributed by atoms with Gasteiger partial charge < -0.3 is 14.5 Å². The van der Waals surface area contributed by atoms with Crippen molar-refractivity contribution in [2.45, 2.75) is 53.1 Å². The Morgan fingerprint density at radius 1 is 1.32 bits per heavy atom. The highest BCUT2D eigenvalue weighted by Gasteiger charge is 2.33. The third-order valence-electron chi connectivity index (χ3n) is 4.32. The van der Waals surface area contributed by atoms with Crippen LogP contribution in [0.5, 0.6) is 0 Å². The van der Waals surface area contributed by atoms with Crippen molar-refractivity contribution in [2.24, 2.45) is 5.92 Å². The van der Waals surface area contributed by atoms with Gasteiger partial charge in [-0.1, -0.05) is 12.1 Å². The summed E-state index contributed by atoms with van der Waals surface area (Å²) in [7, 11) is 0. The molecule has 5 nitrogen and oxygen atoms in total. The summed E-state index contributed by atoms with van der Waals surface area (Å²) in [5.41, 5.74) is 1.52. The average Bonchev–Trinajstić information content (AvgIpc) is 2.54. The molecule has 25 heavy (non-hydrogen) atoms. The Morgan fingerprint density at radius 2 is 2.04 bits per heavy atom. The minimum Gasteiger partial charge on any atom is -0.444 e. The van der Waals surface area contributed by atoms with Crippen LogP contribution in [-0.4, -0.2) is 42.1 Å². The molecule has 0 spiro atoms. The molecule has 1 aliphatic rings. The molecule has 1 aromatic carbocycles. The molecule has 0 saturated carbocycles. The lowest BCUT2D eigenvalue weighted by atomic mass is 9.96. The molecule has 138 valence electrons. The Hall–Kier alpha value is -2.04. The molecule has 0 bridgehead atoms. The SMILES string of the molecule is CCN(C(=O)C1CCCN(C(=O)OC(C)(C)C)C1)c1cccc(C)c1. The summed E-state index contributed by atoms with van der Waals surface area (Å²) < 4.78 is 5.45. The van der Waals surface area contributed by atoms with Crippen molar-refractivity contribution >= 4 is 17.7 Å².